The van der Waals surface area contributed by atoms with Crippen LogP contribution in [0.4, 0.5) is 5.69 Å². The van der Waals surface area contributed by atoms with Crippen molar-refractivity contribution in [1.29, 1.82) is 0 Å². The minimum atomic E-state index is -0.450. The smallest absolute Gasteiger partial charge is 0.269 e. The molecule has 0 atom stereocenters. The molecule has 1 N–H and O–H groups in total. The minimum absolute atomic E-state index is 0.0449. The first kappa shape index (κ1) is 19.3. The number of nitrogens with one attached hydrogen (secondary N) is 1. The van der Waals surface area contributed by atoms with Crippen LogP contribution in [0.5, 0.6) is 0 Å². The Labute approximate surface area is 160 Å². The van der Waals surface area contributed by atoms with Crippen LogP contribution >= 0.6 is 47.3 Å². The van der Waals surface area contributed by atoms with Gasteiger partial charge in [-0.25, -0.2) is 0 Å². The molecule has 0 spiro atoms. The second kappa shape index (κ2) is 8.89. The summed E-state index contributed by atoms with van der Waals surface area (Å²) in [5.74, 6) is 0.936. The summed E-state index contributed by atoms with van der Waals surface area (Å²) >= 11 is 14.4. The third-order valence-electron chi connectivity index (χ3n) is 3.15. The predicted octanol–water partition coefficient (Wildman–Crippen LogP) is 3.85. The number of carbonyl (C=O) groups is 2. The van der Waals surface area contributed by atoms with Gasteiger partial charge in [0.05, 0.1) is 10.3 Å². The van der Waals surface area contributed by atoms with Crippen molar-refractivity contribution in [3.05, 3.63) is 40.9 Å². The van der Waals surface area contributed by atoms with Crippen molar-refractivity contribution in [2.24, 2.45) is 0 Å². The Morgan fingerprint density at radius 2 is 1.79 bits per heavy atom. The molecular weight excluding hydrogens is 384 g/mol. The fraction of sp³-hybridized carbons (Fsp3) is 0.312. The number of thioether (sulfide) groups is 2. The van der Waals surface area contributed by atoms with Gasteiger partial charge in [-0.1, -0.05) is 25.4 Å². The lowest BCUT2D eigenvalue weighted by molar-refractivity contribution is -0.122. The third kappa shape index (κ3) is 4.53. The molecular formula is C16H17ClN2O2S3. The number of thiocarbonyl (C=S) groups is 1. The van der Waals surface area contributed by atoms with Gasteiger partial charge in [0.1, 0.15) is 5.57 Å². The van der Waals surface area contributed by atoms with E-state index in [1.807, 2.05) is 13.8 Å². The Morgan fingerprint density at radius 3 is 2.33 bits per heavy atom. The van der Waals surface area contributed by atoms with Crippen LogP contribution in [0.1, 0.15) is 13.8 Å². The lowest BCUT2D eigenvalue weighted by Crippen LogP contribution is -2.54. The highest BCUT2D eigenvalue weighted by Crippen LogP contribution is 2.28. The van der Waals surface area contributed by atoms with Crippen LogP contribution in [0.3, 0.4) is 0 Å². The first-order valence-electron chi connectivity index (χ1n) is 7.38. The molecule has 4 nitrogen and oxygen atoms in total. The highest BCUT2D eigenvalue weighted by molar-refractivity contribution is 8.17. The summed E-state index contributed by atoms with van der Waals surface area (Å²) in [6.45, 7) is 4.09. The maximum atomic E-state index is 12.8. The van der Waals surface area contributed by atoms with Crippen molar-refractivity contribution >= 4 is 70.0 Å². The molecule has 2 rings (SSSR count). The summed E-state index contributed by atoms with van der Waals surface area (Å²) in [5.41, 5.74) is 0.689. The Bertz CT molecular complexity index is 670. The van der Waals surface area contributed by atoms with Crippen molar-refractivity contribution in [2.75, 3.05) is 16.4 Å². The Hall–Kier alpha value is -1.02. The quantitative estimate of drug-likeness (QED) is 0.340. The van der Waals surface area contributed by atoms with E-state index in [-0.39, 0.29) is 15.3 Å². The second-order valence-corrected chi connectivity index (χ2v) is 8.69. The van der Waals surface area contributed by atoms with E-state index >= 15 is 0 Å². The van der Waals surface area contributed by atoms with Crippen LogP contribution in [0, 0.1) is 0 Å². The van der Waals surface area contributed by atoms with E-state index in [2.05, 4.69) is 5.32 Å². The van der Waals surface area contributed by atoms with E-state index in [9.17, 15) is 9.59 Å². The molecule has 8 heteroatoms. The summed E-state index contributed by atoms with van der Waals surface area (Å²) in [4.78, 5) is 26.4. The highest BCUT2D eigenvalue weighted by Gasteiger charge is 2.35. The zero-order valence-electron chi connectivity index (χ0n) is 13.2. The number of nitrogens with zero attached hydrogens (tertiary/aromatic N) is 1. The summed E-state index contributed by atoms with van der Waals surface area (Å²) in [5, 5.41) is 3.23. The normalized spacial score (nSPS) is 16.9. The van der Waals surface area contributed by atoms with Crippen LogP contribution in [0.2, 0.25) is 5.02 Å². The number of rotatable bonds is 6. The molecule has 2 amide bonds. The number of benzene rings is 1. The first-order valence-corrected chi connectivity index (χ1v) is 10.3. The number of carbonyl (C=O) groups excluding carboxylic acids is 2. The number of halogens is 1. The van der Waals surface area contributed by atoms with Crippen LogP contribution in [0.15, 0.2) is 35.9 Å². The third-order valence-corrected chi connectivity index (χ3v) is 6.10. The Morgan fingerprint density at radius 1 is 1.21 bits per heavy atom. The Kier molecular flexibility index (Phi) is 7.16. The Balaban J connectivity index is 2.35. The topological polar surface area (TPSA) is 49.4 Å². The fourth-order valence-corrected chi connectivity index (χ4v) is 4.84. The standard InChI is InChI=1S/C16H17ClN2O2S3/c1-3-23-13(24-4-2)9-12-14(20)18-16(22)19(15(12)21)11-7-5-10(17)6-8-11/h5-9,13H,3-4H2,1-2H3,(H,18,20,22)/b12-9+. The maximum Gasteiger partial charge on any atom is 0.269 e. The first-order chi connectivity index (χ1) is 11.5. The average molecular weight is 401 g/mol. The highest BCUT2D eigenvalue weighted by atomic mass is 35.5. The molecule has 0 unspecified atom stereocenters. The summed E-state index contributed by atoms with van der Waals surface area (Å²) in [7, 11) is 0. The van der Waals surface area contributed by atoms with Crippen molar-refractivity contribution < 1.29 is 9.59 Å². The lowest BCUT2D eigenvalue weighted by atomic mass is 10.1. The van der Waals surface area contributed by atoms with Crippen molar-refractivity contribution in [1.82, 2.24) is 5.32 Å². The molecule has 1 aliphatic heterocycles. The summed E-state index contributed by atoms with van der Waals surface area (Å²) in [6, 6.07) is 6.74. The van der Waals surface area contributed by atoms with E-state index in [4.69, 9.17) is 23.8 Å². The van der Waals surface area contributed by atoms with Crippen LogP contribution in [-0.2, 0) is 9.59 Å². The number of hydrogen-bond acceptors (Lipinski definition) is 5. The van der Waals surface area contributed by atoms with E-state index in [1.165, 1.54) is 4.90 Å². The number of amides is 2. The fourth-order valence-electron chi connectivity index (χ4n) is 2.11. The van der Waals surface area contributed by atoms with Gasteiger partial charge in [-0.2, -0.15) is 0 Å². The molecule has 24 heavy (non-hydrogen) atoms. The monoisotopic (exact) mass is 400 g/mol. The molecule has 0 bridgehead atoms. The van der Waals surface area contributed by atoms with Gasteiger partial charge in [0.15, 0.2) is 5.11 Å². The molecule has 1 aromatic carbocycles. The van der Waals surface area contributed by atoms with Gasteiger partial charge in [-0.05, 0) is 54.1 Å². The van der Waals surface area contributed by atoms with Crippen LogP contribution in [-0.4, -0.2) is 33.0 Å². The van der Waals surface area contributed by atoms with Crippen molar-refractivity contribution in [3.63, 3.8) is 0 Å². The second-order valence-electron chi connectivity index (χ2n) is 4.74. The molecule has 1 saturated heterocycles. The SMILES string of the molecule is CCSC(/C=C1\C(=O)NC(=S)N(c2ccc(Cl)cc2)C1=O)SCC. The molecule has 0 aromatic heterocycles. The molecule has 1 heterocycles. The van der Waals surface area contributed by atoms with Crippen LogP contribution in [0.25, 0.3) is 0 Å². The number of hydrogen-bond donors (Lipinski definition) is 1. The molecule has 1 fully saturated rings. The van der Waals surface area contributed by atoms with Crippen LogP contribution < -0.4 is 10.2 Å². The van der Waals surface area contributed by atoms with Gasteiger partial charge in [0.2, 0.25) is 0 Å². The zero-order valence-corrected chi connectivity index (χ0v) is 16.5. The molecule has 0 radical (unpaired) electrons. The maximum absolute atomic E-state index is 12.8. The van der Waals surface area contributed by atoms with E-state index in [0.29, 0.717) is 10.7 Å². The molecule has 1 aliphatic rings. The van der Waals surface area contributed by atoms with Gasteiger partial charge in [-0.15, -0.1) is 23.5 Å². The average Bonchev–Trinajstić information content (AvgIpc) is 2.53. The molecule has 0 saturated carbocycles. The largest absolute Gasteiger partial charge is 0.298 e. The van der Waals surface area contributed by atoms with Gasteiger partial charge in [-0.3, -0.25) is 19.8 Å². The van der Waals surface area contributed by atoms with Gasteiger partial charge >= 0.3 is 0 Å². The van der Waals surface area contributed by atoms with E-state index in [0.717, 1.165) is 11.5 Å². The van der Waals surface area contributed by atoms with Crippen molar-refractivity contribution in [2.45, 2.75) is 18.4 Å². The zero-order chi connectivity index (χ0) is 17.7. The summed E-state index contributed by atoms with van der Waals surface area (Å²) < 4.78 is 0.0449. The van der Waals surface area contributed by atoms with Gasteiger partial charge in [0.25, 0.3) is 11.8 Å². The summed E-state index contributed by atoms with van der Waals surface area (Å²) in [6.07, 6.45) is 1.73. The predicted molar refractivity (Wildman–Crippen MR) is 108 cm³/mol. The molecule has 1 aromatic rings. The van der Waals surface area contributed by atoms with E-state index < -0.39 is 11.8 Å². The minimum Gasteiger partial charge on any atom is -0.298 e. The van der Waals surface area contributed by atoms with Crippen molar-refractivity contribution in [3.8, 4) is 0 Å². The molecule has 0 aliphatic carbocycles. The number of anilines is 1. The van der Waals surface area contributed by atoms with Gasteiger partial charge in [0, 0.05) is 5.02 Å². The molecule has 128 valence electrons. The van der Waals surface area contributed by atoms with E-state index in [1.54, 1.807) is 53.9 Å². The van der Waals surface area contributed by atoms with Gasteiger partial charge < -0.3 is 0 Å². The lowest BCUT2D eigenvalue weighted by Gasteiger charge is -2.29.